The fourth-order valence-corrected chi connectivity index (χ4v) is 3.75. The van der Waals surface area contributed by atoms with Gasteiger partial charge in [-0.1, -0.05) is 60.1 Å². The van der Waals surface area contributed by atoms with Crippen molar-refractivity contribution in [3.05, 3.63) is 94.3 Å². The Kier molecular flexibility index (Phi) is 5.19. The van der Waals surface area contributed by atoms with Crippen LogP contribution in [0.1, 0.15) is 28.3 Å². The molecule has 27 heavy (non-hydrogen) atoms. The Morgan fingerprint density at radius 2 is 1.63 bits per heavy atom. The van der Waals surface area contributed by atoms with E-state index >= 15 is 0 Å². The molecule has 2 aromatic carbocycles. The quantitative estimate of drug-likeness (QED) is 0.718. The van der Waals surface area contributed by atoms with E-state index in [-0.39, 0.29) is 18.5 Å². The van der Waals surface area contributed by atoms with Gasteiger partial charge in [0.2, 0.25) is 5.91 Å². The SMILES string of the molecule is O=C(CNC1c2ccccc2CCc2ccccc21)Nc1cnccc1Cl. The van der Waals surface area contributed by atoms with Crippen LogP contribution in [0.25, 0.3) is 0 Å². The van der Waals surface area contributed by atoms with E-state index < -0.39 is 0 Å². The highest BCUT2D eigenvalue weighted by molar-refractivity contribution is 6.33. The lowest BCUT2D eigenvalue weighted by molar-refractivity contribution is -0.115. The van der Waals surface area contributed by atoms with Gasteiger partial charge in [0.1, 0.15) is 0 Å². The monoisotopic (exact) mass is 377 g/mol. The number of aryl methyl sites for hydroxylation is 2. The first-order valence-electron chi connectivity index (χ1n) is 9.01. The van der Waals surface area contributed by atoms with Gasteiger partial charge in [-0.15, -0.1) is 0 Å². The summed E-state index contributed by atoms with van der Waals surface area (Å²) in [5.41, 5.74) is 5.63. The molecule has 3 aromatic rings. The lowest BCUT2D eigenvalue weighted by Gasteiger charge is -2.22. The maximum absolute atomic E-state index is 12.5. The molecule has 0 saturated carbocycles. The first-order chi connectivity index (χ1) is 13.2. The summed E-state index contributed by atoms with van der Waals surface area (Å²) in [5.74, 6) is -0.149. The summed E-state index contributed by atoms with van der Waals surface area (Å²) in [6.07, 6.45) is 5.15. The topological polar surface area (TPSA) is 54.0 Å². The zero-order valence-corrected chi connectivity index (χ0v) is 15.5. The molecule has 0 bridgehead atoms. The average Bonchev–Trinajstić information content (AvgIpc) is 2.85. The number of fused-ring (bicyclic) bond motifs is 2. The number of nitrogens with one attached hydrogen (secondary N) is 2. The van der Waals surface area contributed by atoms with E-state index in [2.05, 4.69) is 64.1 Å². The Labute approximate surface area is 163 Å². The number of nitrogens with zero attached hydrogens (tertiary/aromatic N) is 1. The number of pyridine rings is 1. The van der Waals surface area contributed by atoms with Gasteiger partial charge in [-0.25, -0.2) is 0 Å². The second kappa shape index (κ2) is 7.91. The molecule has 1 amide bonds. The van der Waals surface area contributed by atoms with Crippen molar-refractivity contribution >= 4 is 23.2 Å². The van der Waals surface area contributed by atoms with Crippen LogP contribution in [0, 0.1) is 0 Å². The van der Waals surface area contributed by atoms with Gasteiger partial charge >= 0.3 is 0 Å². The Bertz CT molecular complexity index is 926. The minimum atomic E-state index is -0.149. The van der Waals surface area contributed by atoms with E-state index in [0.717, 1.165) is 12.8 Å². The minimum absolute atomic E-state index is 0.0185. The van der Waals surface area contributed by atoms with E-state index in [9.17, 15) is 4.79 Å². The van der Waals surface area contributed by atoms with E-state index in [1.165, 1.54) is 22.3 Å². The predicted octanol–water partition coefficient (Wildman–Crippen LogP) is 4.15. The summed E-state index contributed by atoms with van der Waals surface area (Å²) >= 11 is 6.10. The van der Waals surface area contributed by atoms with Crippen LogP contribution in [-0.4, -0.2) is 17.4 Å². The summed E-state index contributed by atoms with van der Waals surface area (Å²) in [7, 11) is 0. The molecule has 1 aromatic heterocycles. The normalized spacial score (nSPS) is 13.4. The van der Waals surface area contributed by atoms with Crippen molar-refractivity contribution < 1.29 is 4.79 Å². The molecule has 136 valence electrons. The lowest BCUT2D eigenvalue weighted by Crippen LogP contribution is -2.32. The fraction of sp³-hybridized carbons (Fsp3) is 0.182. The third-order valence-electron chi connectivity index (χ3n) is 4.90. The third kappa shape index (κ3) is 3.87. The zero-order chi connectivity index (χ0) is 18.6. The number of halogens is 1. The summed E-state index contributed by atoms with van der Waals surface area (Å²) in [5, 5.41) is 6.73. The minimum Gasteiger partial charge on any atom is -0.322 e. The third-order valence-corrected chi connectivity index (χ3v) is 5.23. The molecule has 1 heterocycles. The van der Waals surface area contributed by atoms with Crippen LogP contribution in [0.5, 0.6) is 0 Å². The molecule has 4 nitrogen and oxygen atoms in total. The van der Waals surface area contributed by atoms with Crippen LogP contribution in [0.4, 0.5) is 5.69 Å². The van der Waals surface area contributed by atoms with E-state index in [4.69, 9.17) is 11.6 Å². The Morgan fingerprint density at radius 3 is 2.26 bits per heavy atom. The molecule has 0 spiro atoms. The lowest BCUT2D eigenvalue weighted by atomic mass is 9.94. The highest BCUT2D eigenvalue weighted by Gasteiger charge is 2.23. The summed E-state index contributed by atoms with van der Waals surface area (Å²) in [4.78, 5) is 16.5. The number of rotatable bonds is 4. The van der Waals surface area contributed by atoms with Crippen LogP contribution in [0.2, 0.25) is 5.02 Å². The van der Waals surface area contributed by atoms with Gasteiger partial charge in [0, 0.05) is 6.20 Å². The number of amides is 1. The van der Waals surface area contributed by atoms with E-state index in [0.29, 0.717) is 10.7 Å². The zero-order valence-electron chi connectivity index (χ0n) is 14.8. The van der Waals surface area contributed by atoms with Crippen LogP contribution >= 0.6 is 11.6 Å². The van der Waals surface area contributed by atoms with Gasteiger partial charge in [0.25, 0.3) is 0 Å². The van der Waals surface area contributed by atoms with Crippen molar-refractivity contribution in [1.82, 2.24) is 10.3 Å². The number of carbonyl (C=O) groups excluding carboxylic acids is 1. The molecule has 5 heteroatoms. The van der Waals surface area contributed by atoms with E-state index in [1.54, 1.807) is 18.5 Å². The van der Waals surface area contributed by atoms with Crippen molar-refractivity contribution in [3.8, 4) is 0 Å². The number of hydrogen-bond acceptors (Lipinski definition) is 3. The predicted molar refractivity (Wildman–Crippen MR) is 108 cm³/mol. The molecule has 0 saturated heterocycles. The van der Waals surface area contributed by atoms with Gasteiger partial charge in [0.15, 0.2) is 0 Å². The second-order valence-corrected chi connectivity index (χ2v) is 7.02. The van der Waals surface area contributed by atoms with Crippen LogP contribution in [0.15, 0.2) is 67.0 Å². The molecule has 1 aliphatic rings. The van der Waals surface area contributed by atoms with Gasteiger partial charge in [-0.3, -0.25) is 15.1 Å². The summed E-state index contributed by atoms with van der Waals surface area (Å²) in [6.45, 7) is 0.179. The molecule has 0 aliphatic heterocycles. The Hall–Kier alpha value is -2.69. The number of carbonyl (C=O) groups is 1. The van der Waals surface area contributed by atoms with Crippen molar-refractivity contribution in [2.75, 3.05) is 11.9 Å². The highest BCUT2D eigenvalue weighted by Crippen LogP contribution is 2.32. The van der Waals surface area contributed by atoms with Crippen molar-refractivity contribution in [2.45, 2.75) is 18.9 Å². The van der Waals surface area contributed by atoms with Gasteiger partial charge in [0.05, 0.1) is 29.5 Å². The second-order valence-electron chi connectivity index (χ2n) is 6.62. The molecular weight excluding hydrogens is 358 g/mol. The van der Waals surface area contributed by atoms with Crippen molar-refractivity contribution in [3.63, 3.8) is 0 Å². The highest BCUT2D eigenvalue weighted by atomic mass is 35.5. The summed E-state index contributed by atoms with van der Waals surface area (Å²) < 4.78 is 0. The van der Waals surface area contributed by atoms with Gasteiger partial charge < -0.3 is 5.32 Å². The molecule has 2 N–H and O–H groups in total. The molecule has 1 aliphatic carbocycles. The molecular formula is C22H20ClN3O. The average molecular weight is 378 g/mol. The van der Waals surface area contributed by atoms with E-state index in [1.807, 2.05) is 0 Å². The first-order valence-corrected chi connectivity index (χ1v) is 9.38. The molecule has 0 unspecified atom stereocenters. The van der Waals surface area contributed by atoms with Crippen LogP contribution < -0.4 is 10.6 Å². The standard InChI is InChI=1S/C22H20ClN3O/c23-19-11-12-24-13-20(19)26-21(27)14-25-22-17-7-3-1-5-15(17)9-10-16-6-2-4-8-18(16)22/h1-8,11-13,22,25H,9-10,14H2,(H,26,27). The maximum atomic E-state index is 12.5. The maximum Gasteiger partial charge on any atom is 0.238 e. The van der Waals surface area contributed by atoms with Crippen LogP contribution in [-0.2, 0) is 17.6 Å². The molecule has 0 fully saturated rings. The first kappa shape index (κ1) is 17.7. The molecule has 4 rings (SSSR count). The number of anilines is 1. The Morgan fingerprint density at radius 1 is 1.00 bits per heavy atom. The van der Waals surface area contributed by atoms with Crippen molar-refractivity contribution in [2.24, 2.45) is 0 Å². The van der Waals surface area contributed by atoms with Crippen molar-refractivity contribution in [1.29, 1.82) is 0 Å². The molecule has 0 atom stereocenters. The summed E-state index contributed by atoms with van der Waals surface area (Å²) in [6, 6.07) is 18.5. The Balaban J connectivity index is 1.56. The fourth-order valence-electron chi connectivity index (χ4n) is 3.60. The number of aromatic nitrogens is 1. The number of hydrogen-bond donors (Lipinski definition) is 2. The number of benzene rings is 2. The van der Waals surface area contributed by atoms with Gasteiger partial charge in [-0.05, 0) is 41.2 Å². The molecule has 0 radical (unpaired) electrons. The smallest absolute Gasteiger partial charge is 0.238 e. The van der Waals surface area contributed by atoms with Gasteiger partial charge in [-0.2, -0.15) is 0 Å². The van der Waals surface area contributed by atoms with Crippen LogP contribution in [0.3, 0.4) is 0 Å². The largest absolute Gasteiger partial charge is 0.322 e.